The SMILES string of the molecule is Cn1nc(CF)cc1C=O. The van der Waals surface area contributed by atoms with Gasteiger partial charge in [0, 0.05) is 7.05 Å². The van der Waals surface area contributed by atoms with Crippen LogP contribution in [0.2, 0.25) is 0 Å². The lowest BCUT2D eigenvalue weighted by Gasteiger charge is -1.87. The van der Waals surface area contributed by atoms with Gasteiger partial charge in [0.1, 0.15) is 12.4 Å². The fraction of sp³-hybridized carbons (Fsp3) is 0.333. The Morgan fingerprint density at radius 3 is 2.90 bits per heavy atom. The Balaban J connectivity index is 3.03. The van der Waals surface area contributed by atoms with E-state index in [4.69, 9.17) is 0 Å². The number of carbonyl (C=O) groups is 1. The fourth-order valence-electron chi connectivity index (χ4n) is 0.719. The quantitative estimate of drug-likeness (QED) is 0.570. The highest BCUT2D eigenvalue weighted by molar-refractivity contribution is 5.72. The summed E-state index contributed by atoms with van der Waals surface area (Å²) in [5.74, 6) is 0. The molecule has 0 fully saturated rings. The number of hydrogen-bond donors (Lipinski definition) is 0. The zero-order chi connectivity index (χ0) is 7.56. The number of aryl methyl sites for hydroxylation is 1. The molecule has 0 spiro atoms. The molecule has 0 bridgehead atoms. The van der Waals surface area contributed by atoms with Gasteiger partial charge < -0.3 is 0 Å². The van der Waals surface area contributed by atoms with E-state index in [-0.39, 0.29) is 0 Å². The molecule has 3 nitrogen and oxygen atoms in total. The molecule has 1 rings (SSSR count). The lowest BCUT2D eigenvalue weighted by molar-refractivity contribution is 0.111. The van der Waals surface area contributed by atoms with E-state index in [1.54, 1.807) is 7.05 Å². The van der Waals surface area contributed by atoms with Crippen LogP contribution < -0.4 is 0 Å². The topological polar surface area (TPSA) is 34.9 Å². The Morgan fingerprint density at radius 1 is 1.90 bits per heavy atom. The molecule has 0 N–H and O–H groups in total. The van der Waals surface area contributed by atoms with E-state index in [0.717, 1.165) is 0 Å². The van der Waals surface area contributed by atoms with Crippen molar-refractivity contribution in [2.45, 2.75) is 6.67 Å². The van der Waals surface area contributed by atoms with Crippen molar-refractivity contribution in [2.24, 2.45) is 7.05 Å². The smallest absolute Gasteiger partial charge is 0.168 e. The molecule has 4 heteroatoms. The van der Waals surface area contributed by atoms with E-state index in [1.807, 2.05) is 0 Å². The summed E-state index contributed by atoms with van der Waals surface area (Å²) in [7, 11) is 1.60. The molecule has 0 saturated heterocycles. The molecule has 0 unspecified atom stereocenters. The molecule has 0 saturated carbocycles. The average molecular weight is 142 g/mol. The number of aromatic nitrogens is 2. The van der Waals surface area contributed by atoms with Gasteiger partial charge in [-0.2, -0.15) is 5.10 Å². The maximum Gasteiger partial charge on any atom is 0.168 e. The third-order valence-electron chi connectivity index (χ3n) is 1.22. The van der Waals surface area contributed by atoms with Gasteiger partial charge in [-0.15, -0.1) is 0 Å². The Morgan fingerprint density at radius 2 is 2.60 bits per heavy atom. The molecule has 0 aliphatic carbocycles. The number of rotatable bonds is 2. The predicted molar refractivity (Wildman–Crippen MR) is 33.4 cm³/mol. The van der Waals surface area contributed by atoms with Gasteiger partial charge in [0.25, 0.3) is 0 Å². The predicted octanol–water partition coefficient (Wildman–Crippen LogP) is 0.702. The van der Waals surface area contributed by atoms with Gasteiger partial charge in [0.15, 0.2) is 6.29 Å². The first kappa shape index (κ1) is 6.92. The molecule has 0 aromatic carbocycles. The molecule has 54 valence electrons. The molecule has 0 atom stereocenters. The van der Waals surface area contributed by atoms with Gasteiger partial charge in [0.2, 0.25) is 0 Å². The largest absolute Gasteiger partial charge is 0.296 e. The number of carbonyl (C=O) groups excluding carboxylic acids is 1. The summed E-state index contributed by atoms with van der Waals surface area (Å²) in [5.41, 5.74) is 0.692. The summed E-state index contributed by atoms with van der Waals surface area (Å²) < 4.78 is 13.2. The van der Waals surface area contributed by atoms with Gasteiger partial charge in [-0.25, -0.2) is 4.39 Å². The first-order valence-electron chi connectivity index (χ1n) is 2.82. The molecule has 0 aliphatic heterocycles. The fourth-order valence-corrected chi connectivity index (χ4v) is 0.719. The normalized spacial score (nSPS) is 9.80. The molecule has 10 heavy (non-hydrogen) atoms. The lowest BCUT2D eigenvalue weighted by atomic mass is 10.4. The number of alkyl halides is 1. The van der Waals surface area contributed by atoms with Crippen LogP contribution in [0.4, 0.5) is 4.39 Å². The number of hydrogen-bond acceptors (Lipinski definition) is 2. The van der Waals surface area contributed by atoms with Crippen LogP contribution in [-0.4, -0.2) is 16.1 Å². The highest BCUT2D eigenvalue weighted by Gasteiger charge is 2.01. The van der Waals surface area contributed by atoms with E-state index >= 15 is 0 Å². The van der Waals surface area contributed by atoms with Gasteiger partial charge in [-0.3, -0.25) is 9.48 Å². The Kier molecular flexibility index (Phi) is 1.80. The summed E-state index contributed by atoms with van der Waals surface area (Å²) in [6, 6.07) is 1.42. The Labute approximate surface area is 57.5 Å². The summed E-state index contributed by atoms with van der Waals surface area (Å²) in [4.78, 5) is 10.2. The van der Waals surface area contributed by atoms with E-state index < -0.39 is 6.67 Å². The van der Waals surface area contributed by atoms with Gasteiger partial charge in [0.05, 0.1) is 5.69 Å². The van der Waals surface area contributed by atoms with Crippen molar-refractivity contribution in [3.05, 3.63) is 17.5 Å². The van der Waals surface area contributed by atoms with Gasteiger partial charge >= 0.3 is 0 Å². The maximum atomic E-state index is 11.9. The van der Waals surface area contributed by atoms with Crippen LogP contribution in [-0.2, 0) is 13.7 Å². The van der Waals surface area contributed by atoms with Crippen LogP contribution in [0.5, 0.6) is 0 Å². The van der Waals surface area contributed by atoms with Crippen LogP contribution in [0, 0.1) is 0 Å². The monoisotopic (exact) mass is 142 g/mol. The number of nitrogens with zero attached hydrogens (tertiary/aromatic N) is 2. The maximum absolute atomic E-state index is 11.9. The van der Waals surface area contributed by atoms with E-state index in [0.29, 0.717) is 17.7 Å². The van der Waals surface area contributed by atoms with Crippen LogP contribution >= 0.6 is 0 Å². The highest BCUT2D eigenvalue weighted by Crippen LogP contribution is 2.00. The van der Waals surface area contributed by atoms with Crippen molar-refractivity contribution in [2.75, 3.05) is 0 Å². The van der Waals surface area contributed by atoms with Crippen molar-refractivity contribution in [1.82, 2.24) is 9.78 Å². The molecule has 0 amide bonds. The first-order chi connectivity index (χ1) is 4.77. The molecule has 1 heterocycles. The number of aldehydes is 1. The van der Waals surface area contributed by atoms with E-state index in [1.165, 1.54) is 10.7 Å². The van der Waals surface area contributed by atoms with Gasteiger partial charge in [-0.05, 0) is 6.07 Å². The second-order valence-corrected chi connectivity index (χ2v) is 1.94. The summed E-state index contributed by atoms with van der Waals surface area (Å²) >= 11 is 0. The lowest BCUT2D eigenvalue weighted by Crippen LogP contribution is -1.95. The summed E-state index contributed by atoms with van der Waals surface area (Å²) in [6.45, 7) is -0.623. The third kappa shape index (κ3) is 1.05. The first-order valence-corrected chi connectivity index (χ1v) is 2.82. The second-order valence-electron chi connectivity index (χ2n) is 1.94. The van der Waals surface area contributed by atoms with Crippen molar-refractivity contribution in [1.29, 1.82) is 0 Å². The Hall–Kier alpha value is -1.19. The van der Waals surface area contributed by atoms with Crippen LogP contribution in [0.25, 0.3) is 0 Å². The van der Waals surface area contributed by atoms with Crippen LogP contribution in [0.1, 0.15) is 16.2 Å². The summed E-state index contributed by atoms with van der Waals surface area (Å²) in [6.07, 6.45) is 0.645. The van der Waals surface area contributed by atoms with Crippen LogP contribution in [0.3, 0.4) is 0 Å². The molecule has 0 radical (unpaired) electrons. The zero-order valence-electron chi connectivity index (χ0n) is 5.54. The highest BCUT2D eigenvalue weighted by atomic mass is 19.1. The van der Waals surface area contributed by atoms with Crippen molar-refractivity contribution < 1.29 is 9.18 Å². The van der Waals surface area contributed by atoms with Crippen LogP contribution in [0.15, 0.2) is 6.07 Å². The summed E-state index contributed by atoms with van der Waals surface area (Å²) in [5, 5.41) is 3.71. The Bertz CT molecular complexity index is 244. The molecule has 1 aromatic heterocycles. The molecule has 0 aliphatic rings. The molecule has 1 aromatic rings. The van der Waals surface area contributed by atoms with Crippen molar-refractivity contribution in [3.8, 4) is 0 Å². The second kappa shape index (κ2) is 2.60. The molecular formula is C6H7FN2O. The number of halogens is 1. The third-order valence-corrected chi connectivity index (χ3v) is 1.22. The van der Waals surface area contributed by atoms with Crippen molar-refractivity contribution >= 4 is 6.29 Å². The van der Waals surface area contributed by atoms with Gasteiger partial charge in [-0.1, -0.05) is 0 Å². The minimum absolute atomic E-state index is 0.296. The average Bonchev–Trinajstić information content (AvgIpc) is 2.30. The standard InChI is InChI=1S/C6H7FN2O/c1-9-6(4-10)2-5(3-7)8-9/h2,4H,3H2,1H3. The van der Waals surface area contributed by atoms with E-state index in [9.17, 15) is 9.18 Å². The minimum Gasteiger partial charge on any atom is -0.296 e. The van der Waals surface area contributed by atoms with Crippen molar-refractivity contribution in [3.63, 3.8) is 0 Å². The zero-order valence-corrected chi connectivity index (χ0v) is 5.54. The minimum atomic E-state index is -0.623. The molecular weight excluding hydrogens is 135 g/mol. The van der Waals surface area contributed by atoms with E-state index in [2.05, 4.69) is 5.10 Å².